The van der Waals surface area contributed by atoms with Crippen molar-refractivity contribution in [3.05, 3.63) is 64.9 Å². The second-order valence-corrected chi connectivity index (χ2v) is 12.5. The van der Waals surface area contributed by atoms with Gasteiger partial charge in [-0.2, -0.15) is 17.4 Å². The van der Waals surface area contributed by atoms with E-state index in [9.17, 15) is 22.4 Å². The van der Waals surface area contributed by atoms with E-state index >= 15 is 0 Å². The highest BCUT2D eigenvalue weighted by Crippen LogP contribution is 2.38. The molecular formula is C27H32ClFN4O4S. The van der Waals surface area contributed by atoms with E-state index in [0.29, 0.717) is 23.7 Å². The molecule has 38 heavy (non-hydrogen) atoms. The second kappa shape index (κ2) is 11.3. The van der Waals surface area contributed by atoms with E-state index in [1.54, 1.807) is 30.3 Å². The molecule has 0 unspecified atom stereocenters. The Morgan fingerprint density at radius 2 is 1.71 bits per heavy atom. The topological polar surface area (TPSA) is 98.6 Å². The Bertz CT molecular complexity index is 1290. The van der Waals surface area contributed by atoms with Gasteiger partial charge in [0.25, 0.3) is 10.2 Å². The van der Waals surface area contributed by atoms with Crippen LogP contribution in [-0.2, 0) is 19.8 Å². The van der Waals surface area contributed by atoms with Crippen molar-refractivity contribution < 1.29 is 22.4 Å². The molecule has 1 saturated heterocycles. The lowest BCUT2D eigenvalue weighted by molar-refractivity contribution is -0.130. The number of halogens is 2. The summed E-state index contributed by atoms with van der Waals surface area (Å²) in [6.45, 7) is 0.987. The SMILES string of the molecule is O=C(NC1CCCCC1)[C@H](c1ccccc1Cl)N(c1cccc(F)c1)C(=O)[C@H]1C[C@@H](NS(=O)(=O)N2CC2)C1. The second-order valence-electron chi connectivity index (χ2n) is 10.3. The normalized spacial score (nSPS) is 22.8. The maximum absolute atomic E-state index is 14.4. The molecule has 2 aromatic rings. The number of anilines is 1. The molecule has 2 amide bonds. The van der Waals surface area contributed by atoms with E-state index < -0.39 is 28.0 Å². The third kappa shape index (κ3) is 6.03. The maximum Gasteiger partial charge on any atom is 0.279 e. The van der Waals surface area contributed by atoms with Crippen molar-refractivity contribution in [2.75, 3.05) is 18.0 Å². The predicted octanol–water partition coefficient (Wildman–Crippen LogP) is 3.93. The van der Waals surface area contributed by atoms with Gasteiger partial charge in [-0.15, -0.1) is 0 Å². The Hall–Kier alpha value is -2.53. The van der Waals surface area contributed by atoms with Crippen LogP contribution in [0.4, 0.5) is 10.1 Å². The molecule has 2 saturated carbocycles. The zero-order valence-electron chi connectivity index (χ0n) is 21.0. The third-order valence-corrected chi connectivity index (χ3v) is 9.55. The molecule has 2 N–H and O–H groups in total. The van der Waals surface area contributed by atoms with Crippen LogP contribution in [0.2, 0.25) is 5.02 Å². The molecular weight excluding hydrogens is 531 g/mol. The summed E-state index contributed by atoms with van der Waals surface area (Å²) in [4.78, 5) is 29.2. The van der Waals surface area contributed by atoms with E-state index in [2.05, 4.69) is 10.0 Å². The summed E-state index contributed by atoms with van der Waals surface area (Å²) in [7, 11) is -3.54. The van der Waals surface area contributed by atoms with Gasteiger partial charge in [-0.25, -0.2) is 4.39 Å². The molecule has 1 heterocycles. The average molecular weight is 563 g/mol. The van der Waals surface area contributed by atoms with Crippen molar-refractivity contribution in [3.63, 3.8) is 0 Å². The number of benzene rings is 2. The minimum absolute atomic E-state index is 0.00869. The van der Waals surface area contributed by atoms with Crippen molar-refractivity contribution in [1.82, 2.24) is 14.3 Å². The van der Waals surface area contributed by atoms with Gasteiger partial charge in [-0.1, -0.05) is 55.1 Å². The van der Waals surface area contributed by atoms with Crippen LogP contribution in [-0.4, -0.2) is 49.7 Å². The first-order valence-electron chi connectivity index (χ1n) is 13.1. The average Bonchev–Trinajstić information content (AvgIpc) is 3.72. The molecule has 0 bridgehead atoms. The van der Waals surface area contributed by atoms with Crippen LogP contribution in [0, 0.1) is 11.7 Å². The number of nitrogens with zero attached hydrogens (tertiary/aromatic N) is 2. The van der Waals surface area contributed by atoms with Crippen molar-refractivity contribution in [2.24, 2.45) is 5.92 Å². The van der Waals surface area contributed by atoms with Gasteiger partial charge in [-0.05, 0) is 49.9 Å². The number of nitrogens with one attached hydrogen (secondary N) is 2. The minimum atomic E-state index is -3.54. The number of amides is 2. The minimum Gasteiger partial charge on any atom is -0.351 e. The number of carbonyl (C=O) groups excluding carboxylic acids is 2. The molecule has 11 heteroatoms. The fourth-order valence-corrected chi connectivity index (χ4v) is 6.89. The van der Waals surface area contributed by atoms with E-state index in [-0.39, 0.29) is 42.4 Å². The highest BCUT2D eigenvalue weighted by molar-refractivity contribution is 7.87. The van der Waals surface area contributed by atoms with E-state index in [1.165, 1.54) is 27.4 Å². The Labute approximate surface area is 227 Å². The lowest BCUT2D eigenvalue weighted by Crippen LogP contribution is -2.54. The summed E-state index contributed by atoms with van der Waals surface area (Å²) in [5.74, 6) is -1.82. The van der Waals surface area contributed by atoms with Crippen LogP contribution in [0.1, 0.15) is 56.6 Å². The van der Waals surface area contributed by atoms with E-state index in [0.717, 1.165) is 32.1 Å². The van der Waals surface area contributed by atoms with Crippen LogP contribution >= 0.6 is 11.6 Å². The first kappa shape index (κ1) is 27.1. The van der Waals surface area contributed by atoms with Gasteiger partial charge in [0.15, 0.2) is 0 Å². The molecule has 5 rings (SSSR count). The van der Waals surface area contributed by atoms with Gasteiger partial charge >= 0.3 is 0 Å². The van der Waals surface area contributed by atoms with E-state index in [4.69, 9.17) is 11.6 Å². The fourth-order valence-electron chi connectivity index (χ4n) is 5.33. The summed E-state index contributed by atoms with van der Waals surface area (Å²) >= 11 is 6.56. The zero-order chi connectivity index (χ0) is 26.9. The number of carbonyl (C=O) groups is 2. The Balaban J connectivity index is 1.45. The van der Waals surface area contributed by atoms with E-state index in [1.807, 2.05) is 0 Å². The van der Waals surface area contributed by atoms with Gasteiger partial charge in [0.05, 0.1) is 0 Å². The monoisotopic (exact) mass is 562 g/mol. The van der Waals surface area contributed by atoms with Crippen LogP contribution < -0.4 is 14.9 Å². The third-order valence-electron chi connectivity index (χ3n) is 7.53. The standard InChI is InChI=1S/C27H32ClFN4O4S/c28-24-12-5-4-11-23(24)25(26(34)30-20-8-2-1-3-9-20)33(22-10-6-7-19(29)17-22)27(35)18-15-21(16-18)31-38(36,37)32-13-14-32/h4-7,10-12,17-18,20-21,25,31H,1-3,8-9,13-16H2,(H,30,34)/t18-,21+,25-/m0/s1. The summed E-state index contributed by atoms with van der Waals surface area (Å²) in [6.07, 6.45) is 5.45. The molecule has 3 fully saturated rings. The van der Waals surface area contributed by atoms with Crippen LogP contribution in [0.3, 0.4) is 0 Å². The Kier molecular flexibility index (Phi) is 8.04. The highest BCUT2D eigenvalue weighted by atomic mass is 35.5. The molecule has 2 aromatic carbocycles. The fraction of sp³-hybridized carbons (Fsp3) is 0.481. The molecule has 8 nitrogen and oxygen atoms in total. The summed E-state index contributed by atoms with van der Waals surface area (Å²) < 4.78 is 42.9. The van der Waals surface area contributed by atoms with Gasteiger partial charge in [0.2, 0.25) is 11.8 Å². The van der Waals surface area contributed by atoms with Crippen molar-refractivity contribution in [1.29, 1.82) is 0 Å². The predicted molar refractivity (Wildman–Crippen MR) is 143 cm³/mol. The van der Waals surface area contributed by atoms with Gasteiger partial charge < -0.3 is 5.32 Å². The van der Waals surface area contributed by atoms with Crippen LogP contribution in [0.25, 0.3) is 0 Å². The number of hydrogen-bond donors (Lipinski definition) is 2. The molecule has 0 spiro atoms. The first-order chi connectivity index (χ1) is 18.2. The summed E-state index contributed by atoms with van der Waals surface area (Å²) in [5, 5.41) is 3.44. The van der Waals surface area contributed by atoms with Crippen molar-refractivity contribution in [3.8, 4) is 0 Å². The summed E-state index contributed by atoms with van der Waals surface area (Å²) in [6, 6.07) is 11.0. The van der Waals surface area contributed by atoms with Crippen LogP contribution in [0.15, 0.2) is 48.5 Å². The molecule has 0 aromatic heterocycles. The smallest absolute Gasteiger partial charge is 0.279 e. The Morgan fingerprint density at radius 1 is 1.00 bits per heavy atom. The zero-order valence-corrected chi connectivity index (χ0v) is 22.6. The molecule has 2 aliphatic carbocycles. The Morgan fingerprint density at radius 3 is 2.37 bits per heavy atom. The highest BCUT2D eigenvalue weighted by Gasteiger charge is 2.45. The first-order valence-corrected chi connectivity index (χ1v) is 15.0. The van der Waals surface area contributed by atoms with Gasteiger partial charge in [0.1, 0.15) is 11.9 Å². The number of hydrogen-bond acceptors (Lipinski definition) is 4. The number of rotatable bonds is 9. The maximum atomic E-state index is 14.4. The molecule has 1 atom stereocenters. The summed E-state index contributed by atoms with van der Waals surface area (Å²) in [5.41, 5.74) is 0.685. The lowest BCUT2D eigenvalue weighted by atomic mass is 9.79. The van der Waals surface area contributed by atoms with Gasteiger partial charge in [-0.3, -0.25) is 14.5 Å². The van der Waals surface area contributed by atoms with Crippen LogP contribution in [0.5, 0.6) is 0 Å². The van der Waals surface area contributed by atoms with Crippen molar-refractivity contribution in [2.45, 2.75) is 63.1 Å². The lowest BCUT2D eigenvalue weighted by Gasteiger charge is -2.40. The largest absolute Gasteiger partial charge is 0.351 e. The van der Waals surface area contributed by atoms with Crippen molar-refractivity contribution >= 4 is 39.3 Å². The molecule has 1 aliphatic heterocycles. The molecule has 3 aliphatic rings. The quantitative estimate of drug-likeness (QED) is 0.452. The molecule has 204 valence electrons. The van der Waals surface area contributed by atoms with Gasteiger partial charge in [0, 0.05) is 47.4 Å². The molecule has 0 radical (unpaired) electrons.